The van der Waals surface area contributed by atoms with Gasteiger partial charge in [0.1, 0.15) is 18.1 Å². The van der Waals surface area contributed by atoms with Gasteiger partial charge in [0.15, 0.2) is 0 Å². The first-order valence-corrected chi connectivity index (χ1v) is 8.37. The van der Waals surface area contributed by atoms with Crippen LogP contribution in [-0.4, -0.2) is 11.1 Å². The van der Waals surface area contributed by atoms with E-state index in [1.807, 2.05) is 0 Å². The largest absolute Gasteiger partial charge is 0.489 e. The Bertz CT molecular complexity index is 977. The van der Waals surface area contributed by atoms with Gasteiger partial charge in [-0.3, -0.25) is 4.79 Å². The fraction of sp³-hybridized carbons (Fsp3) is 0.200. The average molecular weight is 390 g/mol. The summed E-state index contributed by atoms with van der Waals surface area (Å²) in [6, 6.07) is 10.8. The summed E-state index contributed by atoms with van der Waals surface area (Å²) in [5.41, 5.74) is 1.02. The highest BCUT2D eigenvalue weighted by Crippen LogP contribution is 2.30. The second-order valence-electron chi connectivity index (χ2n) is 6.15. The second-order valence-corrected chi connectivity index (χ2v) is 6.15. The monoisotopic (exact) mass is 390 g/mol. The normalized spacial score (nSPS) is 11.3. The van der Waals surface area contributed by atoms with E-state index in [-0.39, 0.29) is 17.9 Å². The fourth-order valence-electron chi connectivity index (χ4n) is 2.57. The number of hydrogen-bond acceptors (Lipinski definition) is 4. The Morgan fingerprint density at radius 3 is 2.57 bits per heavy atom. The maximum Gasteiger partial charge on any atom is 0.416 e. The molecule has 3 rings (SSSR count). The zero-order valence-corrected chi connectivity index (χ0v) is 15.1. The number of alkyl halides is 3. The van der Waals surface area contributed by atoms with Gasteiger partial charge in [-0.15, -0.1) is 0 Å². The van der Waals surface area contributed by atoms with Gasteiger partial charge in [0.05, 0.1) is 16.8 Å². The lowest BCUT2D eigenvalue weighted by Crippen LogP contribution is -2.13. The van der Waals surface area contributed by atoms with E-state index in [2.05, 4.69) is 10.5 Å². The number of nitrogens with zero attached hydrogens (tertiary/aromatic N) is 1. The van der Waals surface area contributed by atoms with Crippen molar-refractivity contribution in [1.29, 1.82) is 0 Å². The third-order valence-corrected chi connectivity index (χ3v) is 4.11. The highest BCUT2D eigenvalue weighted by atomic mass is 19.4. The number of amides is 1. The summed E-state index contributed by atoms with van der Waals surface area (Å²) in [7, 11) is 0. The summed E-state index contributed by atoms with van der Waals surface area (Å²) >= 11 is 0. The van der Waals surface area contributed by atoms with E-state index in [4.69, 9.17) is 9.26 Å². The van der Waals surface area contributed by atoms with Crippen LogP contribution in [0.15, 0.2) is 53.1 Å². The standard InChI is InChI=1S/C20H17F3N2O3/c1-12-18(13(2)28-25-12)11-27-17-8-3-5-14(9-17)19(26)24-16-7-4-6-15(10-16)20(21,22)23/h3-10H,11H2,1-2H3,(H,24,26). The van der Waals surface area contributed by atoms with Crippen LogP contribution in [-0.2, 0) is 12.8 Å². The molecular weight excluding hydrogens is 373 g/mol. The highest BCUT2D eigenvalue weighted by molar-refractivity contribution is 6.04. The smallest absolute Gasteiger partial charge is 0.416 e. The minimum absolute atomic E-state index is 0.0573. The van der Waals surface area contributed by atoms with Crippen LogP contribution in [0.2, 0.25) is 0 Å². The third-order valence-electron chi connectivity index (χ3n) is 4.11. The van der Waals surface area contributed by atoms with Crippen LogP contribution in [0, 0.1) is 13.8 Å². The summed E-state index contributed by atoms with van der Waals surface area (Å²) in [4.78, 5) is 12.4. The Labute approximate surface area is 159 Å². The van der Waals surface area contributed by atoms with Crippen LogP contribution in [0.4, 0.5) is 18.9 Å². The van der Waals surface area contributed by atoms with Gasteiger partial charge in [-0.05, 0) is 50.2 Å². The number of anilines is 1. The van der Waals surface area contributed by atoms with Gasteiger partial charge in [0.2, 0.25) is 0 Å². The van der Waals surface area contributed by atoms with Gasteiger partial charge in [-0.25, -0.2) is 0 Å². The molecule has 2 aromatic carbocycles. The quantitative estimate of drug-likeness (QED) is 0.655. The van der Waals surface area contributed by atoms with Gasteiger partial charge in [0, 0.05) is 11.3 Å². The maximum atomic E-state index is 12.8. The van der Waals surface area contributed by atoms with Crippen LogP contribution < -0.4 is 10.1 Å². The summed E-state index contributed by atoms with van der Waals surface area (Å²) in [5.74, 6) is 0.551. The molecule has 0 atom stereocenters. The van der Waals surface area contributed by atoms with Crippen molar-refractivity contribution >= 4 is 11.6 Å². The Kier molecular flexibility index (Phi) is 5.39. The van der Waals surface area contributed by atoms with Crippen molar-refractivity contribution in [2.45, 2.75) is 26.6 Å². The van der Waals surface area contributed by atoms with Crippen molar-refractivity contribution in [1.82, 2.24) is 5.16 Å². The number of hydrogen-bond donors (Lipinski definition) is 1. The molecule has 1 heterocycles. The molecule has 0 fully saturated rings. The first-order valence-electron chi connectivity index (χ1n) is 8.37. The lowest BCUT2D eigenvalue weighted by molar-refractivity contribution is -0.137. The highest BCUT2D eigenvalue weighted by Gasteiger charge is 2.30. The number of carbonyl (C=O) groups is 1. The molecule has 0 aliphatic carbocycles. The summed E-state index contributed by atoms with van der Waals surface area (Å²) < 4.78 is 49.2. The maximum absolute atomic E-state index is 12.8. The number of halogens is 3. The first-order chi connectivity index (χ1) is 13.2. The van der Waals surface area contributed by atoms with Crippen molar-refractivity contribution < 1.29 is 27.2 Å². The minimum atomic E-state index is -4.48. The predicted octanol–water partition coefficient (Wildman–Crippen LogP) is 5.14. The van der Waals surface area contributed by atoms with Crippen molar-refractivity contribution in [2.24, 2.45) is 0 Å². The SMILES string of the molecule is Cc1noc(C)c1COc1cccc(C(=O)Nc2cccc(C(F)(F)F)c2)c1. The first kappa shape index (κ1) is 19.5. The van der Waals surface area contributed by atoms with Gasteiger partial charge in [-0.1, -0.05) is 17.3 Å². The molecular formula is C20H17F3N2O3. The Balaban J connectivity index is 1.70. The molecule has 8 heteroatoms. The fourth-order valence-corrected chi connectivity index (χ4v) is 2.57. The predicted molar refractivity (Wildman–Crippen MR) is 96.1 cm³/mol. The second kappa shape index (κ2) is 7.75. The van der Waals surface area contributed by atoms with Gasteiger partial charge in [0.25, 0.3) is 5.91 Å². The van der Waals surface area contributed by atoms with E-state index >= 15 is 0 Å². The van der Waals surface area contributed by atoms with Crippen LogP contribution >= 0.6 is 0 Å². The van der Waals surface area contributed by atoms with E-state index in [0.29, 0.717) is 11.5 Å². The van der Waals surface area contributed by atoms with Crippen LogP contribution in [0.1, 0.15) is 32.9 Å². The number of aromatic nitrogens is 1. The molecule has 0 radical (unpaired) electrons. The molecule has 0 saturated carbocycles. The number of ether oxygens (including phenoxy) is 1. The molecule has 3 aromatic rings. The lowest BCUT2D eigenvalue weighted by Gasteiger charge is -2.11. The topological polar surface area (TPSA) is 64.4 Å². The minimum Gasteiger partial charge on any atom is -0.489 e. The molecule has 0 spiro atoms. The van der Waals surface area contributed by atoms with Crippen LogP contribution in [0.5, 0.6) is 5.75 Å². The molecule has 146 valence electrons. The number of benzene rings is 2. The molecule has 0 aliphatic rings. The summed E-state index contributed by atoms with van der Waals surface area (Å²) in [6.07, 6.45) is -4.48. The zero-order valence-electron chi connectivity index (χ0n) is 15.1. The Morgan fingerprint density at radius 1 is 1.14 bits per heavy atom. The molecule has 1 N–H and O–H groups in total. The molecule has 0 saturated heterocycles. The number of rotatable bonds is 5. The summed E-state index contributed by atoms with van der Waals surface area (Å²) in [5, 5.41) is 6.31. The molecule has 0 bridgehead atoms. The van der Waals surface area contributed by atoms with Crippen LogP contribution in [0.25, 0.3) is 0 Å². The van der Waals surface area contributed by atoms with Crippen molar-refractivity contribution in [3.05, 3.63) is 76.7 Å². The Hall–Kier alpha value is -3.29. The van der Waals surface area contributed by atoms with Gasteiger partial charge >= 0.3 is 6.18 Å². The van der Waals surface area contributed by atoms with E-state index in [0.717, 1.165) is 23.4 Å². The molecule has 0 unspecified atom stereocenters. The Morgan fingerprint density at radius 2 is 1.89 bits per heavy atom. The molecule has 1 amide bonds. The molecule has 28 heavy (non-hydrogen) atoms. The van der Waals surface area contributed by atoms with Crippen molar-refractivity contribution in [2.75, 3.05) is 5.32 Å². The van der Waals surface area contributed by atoms with E-state index in [1.165, 1.54) is 18.2 Å². The number of carbonyl (C=O) groups excluding carboxylic acids is 1. The third kappa shape index (κ3) is 4.51. The zero-order chi connectivity index (χ0) is 20.3. The number of nitrogens with one attached hydrogen (secondary N) is 1. The van der Waals surface area contributed by atoms with E-state index in [9.17, 15) is 18.0 Å². The molecule has 1 aromatic heterocycles. The van der Waals surface area contributed by atoms with Crippen molar-refractivity contribution in [3.8, 4) is 5.75 Å². The van der Waals surface area contributed by atoms with Crippen LogP contribution in [0.3, 0.4) is 0 Å². The van der Waals surface area contributed by atoms with Crippen molar-refractivity contribution in [3.63, 3.8) is 0 Å². The van der Waals surface area contributed by atoms with Gasteiger partial charge in [-0.2, -0.15) is 13.2 Å². The summed E-state index contributed by atoms with van der Waals surface area (Å²) in [6.45, 7) is 3.80. The molecule has 0 aliphatic heterocycles. The lowest BCUT2D eigenvalue weighted by atomic mass is 10.1. The molecule has 5 nitrogen and oxygen atoms in total. The number of aryl methyl sites for hydroxylation is 2. The van der Waals surface area contributed by atoms with E-state index < -0.39 is 17.6 Å². The van der Waals surface area contributed by atoms with E-state index in [1.54, 1.807) is 32.0 Å². The average Bonchev–Trinajstić information content (AvgIpc) is 2.97. The van der Waals surface area contributed by atoms with Gasteiger partial charge < -0.3 is 14.6 Å².